The number of allylic oxidation sites excluding steroid dienone is 2. The summed E-state index contributed by atoms with van der Waals surface area (Å²) in [6.07, 6.45) is 4.29. The fraction of sp³-hybridized carbons (Fsp3) is 0.111. The number of hydrogen-bond acceptors (Lipinski definition) is 3. The Labute approximate surface area is 162 Å². The van der Waals surface area contributed by atoms with Crippen LogP contribution in [0.25, 0.3) is 5.57 Å². The van der Waals surface area contributed by atoms with E-state index in [0.29, 0.717) is 5.16 Å². The van der Waals surface area contributed by atoms with Crippen molar-refractivity contribution >= 4 is 64.3 Å². The van der Waals surface area contributed by atoms with Crippen LogP contribution in [0.4, 0.5) is 11.4 Å². The van der Waals surface area contributed by atoms with Gasteiger partial charge in [-0.25, -0.2) is 0 Å². The van der Waals surface area contributed by atoms with E-state index in [0.717, 1.165) is 11.3 Å². The second-order valence-corrected chi connectivity index (χ2v) is 6.94. The van der Waals surface area contributed by atoms with E-state index in [2.05, 4.69) is 65.8 Å². The Morgan fingerprint density at radius 3 is 2.70 bits per heavy atom. The van der Waals surface area contributed by atoms with Crippen LogP contribution in [0.1, 0.15) is 5.56 Å². The fourth-order valence-electron chi connectivity index (χ4n) is 2.85. The van der Waals surface area contributed by atoms with E-state index in [1.165, 1.54) is 16.1 Å². The Bertz CT molecular complexity index is 803. The molecule has 118 valence electrons. The molecule has 0 radical (unpaired) electrons. The second-order valence-electron chi connectivity index (χ2n) is 5.37. The lowest BCUT2D eigenvalue weighted by atomic mass is 10.0. The van der Waals surface area contributed by atoms with Crippen LogP contribution < -0.4 is 10.2 Å². The molecule has 1 atom stereocenters. The zero-order valence-electron chi connectivity index (χ0n) is 12.5. The van der Waals surface area contributed by atoms with Crippen LogP contribution in [0.3, 0.4) is 0 Å². The molecule has 0 saturated heterocycles. The summed E-state index contributed by atoms with van der Waals surface area (Å²) < 4.78 is 0. The molecule has 0 fully saturated rings. The van der Waals surface area contributed by atoms with Gasteiger partial charge in [-0.3, -0.25) is 0 Å². The van der Waals surface area contributed by atoms with E-state index >= 15 is 0 Å². The largest absolute Gasteiger partial charge is 0.358 e. The molecular formula is C18H16ClIN2S. The Morgan fingerprint density at radius 2 is 1.87 bits per heavy atom. The number of fused-ring (bicyclic) bond motifs is 2. The standard InChI is InChI=1S/C18H15ClN2S.HI/c1-21-15-8-4-5-9-16(15)22-18(21)11-12-10-17(19)20-14-7-3-2-6-13(12)14;/h2-11,18,20H,1H3;1H. The van der Waals surface area contributed by atoms with Gasteiger partial charge in [-0.1, -0.05) is 53.7 Å². The molecule has 0 aromatic heterocycles. The van der Waals surface area contributed by atoms with Gasteiger partial charge >= 0.3 is 0 Å². The van der Waals surface area contributed by atoms with Crippen LogP contribution in [-0.2, 0) is 0 Å². The quantitative estimate of drug-likeness (QED) is 0.435. The van der Waals surface area contributed by atoms with Crippen molar-refractivity contribution in [1.29, 1.82) is 0 Å². The van der Waals surface area contributed by atoms with Crippen molar-refractivity contribution in [2.45, 2.75) is 10.3 Å². The van der Waals surface area contributed by atoms with Crippen LogP contribution in [0.15, 0.2) is 70.7 Å². The molecule has 1 unspecified atom stereocenters. The molecule has 2 heterocycles. The molecule has 23 heavy (non-hydrogen) atoms. The lowest BCUT2D eigenvalue weighted by Crippen LogP contribution is -2.22. The maximum absolute atomic E-state index is 6.24. The first-order valence-corrected chi connectivity index (χ1v) is 8.42. The molecule has 2 aromatic rings. The number of nitrogens with zero attached hydrogens (tertiary/aromatic N) is 1. The number of nitrogens with one attached hydrogen (secondary N) is 1. The molecule has 0 spiro atoms. The number of halogens is 2. The zero-order chi connectivity index (χ0) is 15.1. The van der Waals surface area contributed by atoms with Crippen molar-refractivity contribution in [3.05, 3.63) is 71.4 Å². The van der Waals surface area contributed by atoms with Gasteiger partial charge in [-0.2, -0.15) is 0 Å². The number of thioether (sulfide) groups is 1. The fourth-order valence-corrected chi connectivity index (χ4v) is 4.31. The minimum atomic E-state index is 0. The molecule has 1 N–H and O–H groups in total. The van der Waals surface area contributed by atoms with Gasteiger partial charge < -0.3 is 10.2 Å². The van der Waals surface area contributed by atoms with E-state index < -0.39 is 0 Å². The highest BCUT2D eigenvalue weighted by molar-refractivity contribution is 14.0. The lowest BCUT2D eigenvalue weighted by molar-refractivity contribution is 0.991. The predicted octanol–water partition coefficient (Wildman–Crippen LogP) is 5.76. The van der Waals surface area contributed by atoms with Gasteiger partial charge in [0.25, 0.3) is 0 Å². The molecule has 5 heteroatoms. The topological polar surface area (TPSA) is 15.3 Å². The number of rotatable bonds is 1. The second kappa shape index (κ2) is 6.79. The van der Waals surface area contributed by atoms with Crippen molar-refractivity contribution < 1.29 is 0 Å². The van der Waals surface area contributed by atoms with Crippen molar-refractivity contribution in [3.63, 3.8) is 0 Å². The average molecular weight is 455 g/mol. The molecule has 2 nitrogen and oxygen atoms in total. The third-order valence-electron chi connectivity index (χ3n) is 3.97. The van der Waals surface area contributed by atoms with E-state index in [4.69, 9.17) is 11.6 Å². The summed E-state index contributed by atoms with van der Waals surface area (Å²) in [4.78, 5) is 3.63. The highest BCUT2D eigenvalue weighted by Crippen LogP contribution is 2.44. The summed E-state index contributed by atoms with van der Waals surface area (Å²) in [5.74, 6) is 0. The number of benzene rings is 2. The van der Waals surface area contributed by atoms with Crippen molar-refractivity contribution in [3.8, 4) is 0 Å². The van der Waals surface area contributed by atoms with Gasteiger partial charge in [0.05, 0.1) is 11.1 Å². The highest BCUT2D eigenvalue weighted by atomic mass is 127. The van der Waals surface area contributed by atoms with Gasteiger partial charge in [-0.05, 0) is 35.9 Å². The SMILES string of the molecule is CN1c2ccccc2SC1C=C1C=C(Cl)Nc2ccccc21.I. The molecule has 0 aliphatic carbocycles. The van der Waals surface area contributed by atoms with Crippen molar-refractivity contribution in [1.82, 2.24) is 0 Å². The monoisotopic (exact) mass is 454 g/mol. The number of anilines is 2. The number of para-hydroxylation sites is 2. The Hall–Kier alpha value is -1.11. The lowest BCUT2D eigenvalue weighted by Gasteiger charge is -2.22. The van der Waals surface area contributed by atoms with Crippen LogP contribution in [0.2, 0.25) is 0 Å². The summed E-state index contributed by atoms with van der Waals surface area (Å²) >= 11 is 8.11. The first-order valence-electron chi connectivity index (χ1n) is 7.16. The van der Waals surface area contributed by atoms with Crippen LogP contribution in [0, 0.1) is 0 Å². The van der Waals surface area contributed by atoms with E-state index in [1.807, 2.05) is 23.9 Å². The van der Waals surface area contributed by atoms with Gasteiger partial charge in [0.1, 0.15) is 5.16 Å². The molecule has 2 aromatic carbocycles. The van der Waals surface area contributed by atoms with Crippen LogP contribution in [-0.4, -0.2) is 12.4 Å². The first kappa shape index (κ1) is 16.7. The molecule has 0 amide bonds. The van der Waals surface area contributed by atoms with Gasteiger partial charge in [-0.15, -0.1) is 24.0 Å². The summed E-state index contributed by atoms with van der Waals surface area (Å²) in [6.45, 7) is 0. The predicted molar refractivity (Wildman–Crippen MR) is 112 cm³/mol. The third kappa shape index (κ3) is 3.12. The van der Waals surface area contributed by atoms with Gasteiger partial charge in [0.15, 0.2) is 0 Å². The Kier molecular flexibility index (Phi) is 4.94. The van der Waals surface area contributed by atoms with E-state index in [1.54, 1.807) is 0 Å². The zero-order valence-corrected chi connectivity index (χ0v) is 16.4. The molecule has 0 bridgehead atoms. The Balaban J connectivity index is 0.00000156. The summed E-state index contributed by atoms with van der Waals surface area (Å²) in [5, 5.41) is 4.15. The average Bonchev–Trinajstić information content (AvgIpc) is 2.84. The molecular weight excluding hydrogens is 439 g/mol. The highest BCUT2D eigenvalue weighted by Gasteiger charge is 2.26. The molecule has 4 rings (SSSR count). The maximum Gasteiger partial charge on any atom is 0.107 e. The summed E-state index contributed by atoms with van der Waals surface area (Å²) in [6, 6.07) is 16.8. The van der Waals surface area contributed by atoms with E-state index in [9.17, 15) is 0 Å². The third-order valence-corrected chi connectivity index (χ3v) is 5.47. The van der Waals surface area contributed by atoms with Gasteiger partial charge in [0.2, 0.25) is 0 Å². The van der Waals surface area contributed by atoms with E-state index in [-0.39, 0.29) is 29.4 Å². The number of hydrogen-bond donors (Lipinski definition) is 1. The van der Waals surface area contributed by atoms with Crippen LogP contribution in [0.5, 0.6) is 0 Å². The summed E-state index contributed by atoms with van der Waals surface area (Å²) in [5.41, 5.74) is 4.70. The van der Waals surface area contributed by atoms with Crippen LogP contribution >= 0.6 is 47.3 Å². The molecule has 2 aliphatic rings. The summed E-state index contributed by atoms with van der Waals surface area (Å²) in [7, 11) is 2.14. The maximum atomic E-state index is 6.24. The normalized spacial score (nSPS) is 20.3. The molecule has 0 saturated carbocycles. The minimum absolute atomic E-state index is 0. The smallest absolute Gasteiger partial charge is 0.107 e. The first-order chi connectivity index (χ1) is 10.7. The molecule has 2 aliphatic heterocycles. The Morgan fingerprint density at radius 1 is 1.13 bits per heavy atom. The minimum Gasteiger partial charge on any atom is -0.358 e. The van der Waals surface area contributed by atoms with Crippen molar-refractivity contribution in [2.24, 2.45) is 0 Å². The van der Waals surface area contributed by atoms with Gasteiger partial charge in [0, 0.05) is 23.2 Å². The van der Waals surface area contributed by atoms with Crippen molar-refractivity contribution in [2.75, 3.05) is 17.3 Å². The number of likely N-dealkylation sites (N-methyl/N-ethyl adjacent to an activating group) is 1.